The number of hydrogen-bond acceptors (Lipinski definition) is 33. The Morgan fingerprint density at radius 3 is 1.04 bits per heavy atom. The summed E-state index contributed by atoms with van der Waals surface area (Å²) < 4.78 is 54.4. The number of hydrogen-bond donors (Lipinski definition) is 2. The largest absolute Gasteiger partial charge is 0.475 e. The molecule has 12 aromatic rings. The minimum absolute atomic E-state index is 0.0210. The van der Waals surface area contributed by atoms with Crippen LogP contribution >= 0.6 is 0 Å². The van der Waals surface area contributed by atoms with Gasteiger partial charge >= 0.3 is 35.8 Å². The highest BCUT2D eigenvalue weighted by atomic mass is 16.6. The third kappa shape index (κ3) is 36.9. The van der Waals surface area contributed by atoms with Crippen molar-refractivity contribution >= 4 is 78.5 Å². The minimum atomic E-state index is -0.491. The van der Waals surface area contributed by atoms with Crippen LogP contribution < -0.4 is 24.8 Å². The zero-order chi connectivity index (χ0) is 96.8. The lowest BCUT2D eigenvalue weighted by Crippen LogP contribution is -2.27. The standard InChI is InChI=1S/C21H25N3O5.2C20H21N5O3.C18H23N5O2.C17H23N5O2/c1-14(2)28-19(25)6-8-24-13-22-21(23-24)17-10-16(5)11-18(12-17)27-9-7-20(26)29-15(3)4;2*1-14(2)28-18-11-16(10-15(3)23-18)20-22-13-25(24-20)9-7-19(26)27-12-17-6-4-5-8-21-17;1-12(2)25-17(24)7-8-23-11-19-18(22-23)14-9-13(3)20-16(10-14)21-15-5-4-6-15;1-11(2)19-15-9-14(8-13(5)20-15)17-18-10-22(21-17)7-6-16(23)24-12(3)4/h6-15H,1-5H3;2*4-11,13-14H,12H2,1-3H3;7-12,15H,4-6H2,1-3H3,(H,20,21);6-12H,1-5H3,(H,19,20)/b8-6-,9-7+;2*9-7-;8-7-;7-6-. The number of ether oxygens (including phenoxy) is 9. The molecule has 11 heterocycles. The van der Waals surface area contributed by atoms with Gasteiger partial charge in [-0.15, -0.1) is 25.5 Å². The molecule has 1 fully saturated rings. The average Bonchev–Trinajstić information content (AvgIpc) is 1.52. The second-order valence-electron chi connectivity index (χ2n) is 31.9. The predicted octanol–water partition coefficient (Wildman–Crippen LogP) is 15.5. The van der Waals surface area contributed by atoms with Gasteiger partial charge in [0.1, 0.15) is 62.2 Å². The first-order valence-electron chi connectivity index (χ1n) is 43.2. The van der Waals surface area contributed by atoms with Gasteiger partial charge < -0.3 is 53.3 Å². The van der Waals surface area contributed by atoms with E-state index in [1.807, 2.05) is 123 Å². The van der Waals surface area contributed by atoms with Crippen LogP contribution in [0.25, 0.3) is 87.9 Å². The molecule has 1 aliphatic carbocycles. The van der Waals surface area contributed by atoms with Crippen molar-refractivity contribution < 1.29 is 71.4 Å². The minimum Gasteiger partial charge on any atom is -0.475 e. The fraction of sp³-hybridized carbons (Fsp3) is 0.333. The number of carbonyl (C=O) groups excluding carboxylic acids is 6. The highest BCUT2D eigenvalue weighted by molar-refractivity contribution is 5.87. The Bertz CT molecular complexity index is 5880. The summed E-state index contributed by atoms with van der Waals surface area (Å²) in [6.45, 7) is 35.9. The second-order valence-corrected chi connectivity index (χ2v) is 31.9. The maximum atomic E-state index is 11.8. The summed E-state index contributed by atoms with van der Waals surface area (Å²) in [5, 5.41) is 28.5. The van der Waals surface area contributed by atoms with E-state index in [-0.39, 0.29) is 55.9 Å². The molecule has 1 aromatic carbocycles. The highest BCUT2D eigenvalue weighted by Gasteiger charge is 2.20. The Kier molecular flexibility index (Phi) is 39.1. The molecule has 0 aliphatic heterocycles. The zero-order valence-electron chi connectivity index (χ0n) is 78.5. The fourth-order valence-electron chi connectivity index (χ4n) is 11.6. The number of benzene rings is 1. The Balaban J connectivity index is 0.000000188. The molecule has 0 amide bonds. The van der Waals surface area contributed by atoms with Crippen LogP contribution in [0.5, 0.6) is 17.5 Å². The third-order valence-corrected chi connectivity index (χ3v) is 17.1. The van der Waals surface area contributed by atoms with Crippen molar-refractivity contribution in [3.05, 3.63) is 230 Å². The van der Waals surface area contributed by atoms with Gasteiger partial charge in [0.2, 0.25) is 11.8 Å². The third-order valence-electron chi connectivity index (χ3n) is 17.1. The lowest BCUT2D eigenvalue weighted by Gasteiger charge is -2.27. The summed E-state index contributed by atoms with van der Waals surface area (Å²) in [7, 11) is 0. The number of esters is 6. The number of anilines is 2. The normalized spacial score (nSPS) is 12.0. The van der Waals surface area contributed by atoms with Crippen LogP contribution in [0.4, 0.5) is 11.6 Å². The van der Waals surface area contributed by atoms with E-state index < -0.39 is 35.8 Å². The van der Waals surface area contributed by atoms with E-state index in [4.69, 9.17) is 42.6 Å². The molecule has 0 bridgehead atoms. The second kappa shape index (κ2) is 51.5. The smallest absolute Gasteiger partial charge is 0.334 e. The fourth-order valence-corrected chi connectivity index (χ4v) is 11.6. The molecular formula is C96H113N23O15. The van der Waals surface area contributed by atoms with Gasteiger partial charge in [0.05, 0.1) is 60.3 Å². The highest BCUT2D eigenvalue weighted by Crippen LogP contribution is 2.29. The van der Waals surface area contributed by atoms with Crippen LogP contribution in [-0.2, 0) is 70.4 Å². The quantitative estimate of drug-likeness (QED) is 0.0164. The van der Waals surface area contributed by atoms with E-state index in [1.54, 1.807) is 123 Å². The van der Waals surface area contributed by atoms with Crippen molar-refractivity contribution in [2.24, 2.45) is 0 Å². The van der Waals surface area contributed by atoms with Gasteiger partial charge in [0.15, 0.2) is 29.1 Å². The first-order chi connectivity index (χ1) is 64.0. The summed E-state index contributed by atoms with van der Waals surface area (Å²) in [5.74, 6) is 3.11. The molecule has 702 valence electrons. The molecule has 1 saturated carbocycles. The maximum Gasteiger partial charge on any atom is 0.334 e. The number of nitrogens with zero attached hydrogens (tertiary/aromatic N) is 21. The number of rotatable bonds is 34. The lowest BCUT2D eigenvalue weighted by atomic mass is 9.93. The Morgan fingerprint density at radius 2 is 0.709 bits per heavy atom. The van der Waals surface area contributed by atoms with E-state index in [0.717, 1.165) is 67.8 Å². The van der Waals surface area contributed by atoms with Crippen molar-refractivity contribution in [2.75, 3.05) is 10.6 Å². The topological polar surface area (TPSA) is 440 Å². The molecule has 0 atom stereocenters. The van der Waals surface area contributed by atoms with E-state index in [1.165, 1.54) is 135 Å². The van der Waals surface area contributed by atoms with Gasteiger partial charge in [-0.05, 0) is 235 Å². The molecule has 11 aromatic heterocycles. The molecule has 2 N–H and O–H groups in total. The molecule has 0 spiro atoms. The SMILES string of the molecule is Cc1cc(-c2ncn(/C=C\C(=O)OC(C)C)n2)cc(NC(C)C)n1.Cc1cc(-c2ncn(/C=C\C(=O)OC(C)C)n2)cc(NC2CCC2)n1.Cc1cc(-c2ncn(/C=C\C(=O)OCc3ccccn3)n2)cc(OC(C)C)n1.Cc1cc(-c2ncn(/C=C\C(=O)OCc3ccccn3)n2)cc(OC(C)C)n1.Cc1cc(O/C=C/C(=O)OC(C)C)cc(-c2ncn(/C=C\C(=O)OC(C)C)n2)c1. The number of aromatic nitrogens is 21. The Hall–Kier alpha value is -15.9. The van der Waals surface area contributed by atoms with E-state index >= 15 is 0 Å². The van der Waals surface area contributed by atoms with Gasteiger partial charge in [-0.3, -0.25) is 9.97 Å². The molecular weight excluding hydrogens is 1720 g/mol. The first-order valence-corrected chi connectivity index (χ1v) is 43.2. The molecule has 13 rings (SSSR count). The van der Waals surface area contributed by atoms with Gasteiger partial charge in [-0.25, -0.2) is 97.0 Å². The van der Waals surface area contributed by atoms with Crippen LogP contribution in [-0.4, -0.2) is 188 Å². The van der Waals surface area contributed by atoms with Crippen LogP contribution in [0, 0.1) is 34.6 Å². The number of pyridine rings is 6. The summed E-state index contributed by atoms with van der Waals surface area (Å²) >= 11 is 0. The number of nitrogens with one attached hydrogen (secondary N) is 2. The van der Waals surface area contributed by atoms with Gasteiger partial charge in [0.25, 0.3) is 0 Å². The average molecular weight is 1830 g/mol. The molecule has 0 unspecified atom stereocenters. The molecule has 0 radical (unpaired) electrons. The molecule has 1 aliphatic rings. The van der Waals surface area contributed by atoms with Crippen molar-refractivity contribution in [1.29, 1.82) is 0 Å². The number of carbonyl (C=O) groups is 6. The summed E-state index contributed by atoms with van der Waals surface area (Å²) in [6, 6.07) is 32.2. The lowest BCUT2D eigenvalue weighted by molar-refractivity contribution is -0.142. The van der Waals surface area contributed by atoms with Crippen LogP contribution in [0.15, 0.2) is 190 Å². The molecule has 0 saturated heterocycles. The number of aryl methyl sites for hydroxylation is 5. The van der Waals surface area contributed by atoms with Gasteiger partial charge in [-0.1, -0.05) is 12.1 Å². The Morgan fingerprint density at radius 1 is 0.373 bits per heavy atom. The van der Waals surface area contributed by atoms with Crippen molar-refractivity contribution in [3.63, 3.8) is 0 Å². The summed E-state index contributed by atoms with van der Waals surface area (Å²) in [4.78, 5) is 117. The van der Waals surface area contributed by atoms with Crippen molar-refractivity contribution in [1.82, 2.24) is 104 Å². The van der Waals surface area contributed by atoms with E-state index in [2.05, 4.69) is 105 Å². The monoisotopic (exact) mass is 1830 g/mol. The van der Waals surface area contributed by atoms with Gasteiger partial charge in [-0.2, -0.15) is 0 Å². The predicted molar refractivity (Wildman–Crippen MR) is 503 cm³/mol. The molecule has 38 heteroatoms. The van der Waals surface area contributed by atoms with Crippen molar-refractivity contribution in [3.8, 4) is 74.4 Å². The summed E-state index contributed by atoms with van der Waals surface area (Å²) in [5.41, 5.74) is 9.75. The van der Waals surface area contributed by atoms with Crippen LogP contribution in [0.3, 0.4) is 0 Å². The van der Waals surface area contributed by atoms with Crippen LogP contribution in [0.2, 0.25) is 0 Å². The maximum absolute atomic E-state index is 11.8. The van der Waals surface area contributed by atoms with Gasteiger partial charge in [0, 0.05) is 149 Å². The van der Waals surface area contributed by atoms with Crippen molar-refractivity contribution in [2.45, 2.75) is 213 Å². The summed E-state index contributed by atoms with van der Waals surface area (Å²) in [6.07, 6.45) is 30.4. The first kappa shape index (κ1) is 102. The van der Waals surface area contributed by atoms with E-state index in [0.29, 0.717) is 64.1 Å². The van der Waals surface area contributed by atoms with Crippen LogP contribution in [0.1, 0.15) is 156 Å². The zero-order valence-corrected chi connectivity index (χ0v) is 78.5. The Labute approximate surface area is 777 Å². The molecule has 134 heavy (non-hydrogen) atoms. The van der Waals surface area contributed by atoms with E-state index in [9.17, 15) is 28.8 Å². The molecule has 38 nitrogen and oxygen atoms in total.